The third-order valence-electron chi connectivity index (χ3n) is 2.02. The van der Waals surface area contributed by atoms with Crippen LogP contribution in [0.4, 0.5) is 0 Å². The highest BCUT2D eigenvalue weighted by Crippen LogP contribution is 2.09. The summed E-state index contributed by atoms with van der Waals surface area (Å²) in [7, 11) is 0. The Bertz CT molecular complexity index is 358. The summed E-state index contributed by atoms with van der Waals surface area (Å²) in [5.41, 5.74) is 6.13. The number of rotatable bonds is 5. The maximum atomic E-state index is 11.4. The lowest BCUT2D eigenvalue weighted by atomic mass is 10.1. The van der Waals surface area contributed by atoms with Crippen LogP contribution in [-0.2, 0) is 11.2 Å². The highest BCUT2D eigenvalue weighted by molar-refractivity contribution is 5.78. The second kappa shape index (κ2) is 6.63. The van der Waals surface area contributed by atoms with Crippen LogP contribution in [0.15, 0.2) is 36.4 Å². The van der Waals surface area contributed by atoms with Crippen molar-refractivity contribution in [2.75, 3.05) is 13.1 Å². The topological polar surface area (TPSA) is 75.3 Å². The monoisotopic (exact) mass is 220 g/mol. The summed E-state index contributed by atoms with van der Waals surface area (Å²) in [4.78, 5) is 11.4. The van der Waals surface area contributed by atoms with Crippen molar-refractivity contribution in [3.05, 3.63) is 42.0 Å². The Kier molecular flexibility index (Phi) is 5.08. The summed E-state index contributed by atoms with van der Waals surface area (Å²) in [6.07, 6.45) is 3.92. The van der Waals surface area contributed by atoms with E-state index in [2.05, 4.69) is 5.32 Å². The highest BCUT2D eigenvalue weighted by Gasteiger charge is 2.01. The fraction of sp³-hybridized carbons (Fsp3) is 0.250. The predicted molar refractivity (Wildman–Crippen MR) is 63.0 cm³/mol. The van der Waals surface area contributed by atoms with Gasteiger partial charge >= 0.3 is 0 Å². The van der Waals surface area contributed by atoms with E-state index in [1.807, 2.05) is 6.08 Å². The van der Waals surface area contributed by atoms with Crippen LogP contribution in [0.25, 0.3) is 0 Å². The van der Waals surface area contributed by atoms with Crippen molar-refractivity contribution in [2.24, 2.45) is 5.73 Å². The van der Waals surface area contributed by atoms with Crippen molar-refractivity contribution in [3.63, 3.8) is 0 Å². The van der Waals surface area contributed by atoms with E-state index in [1.54, 1.807) is 30.3 Å². The first kappa shape index (κ1) is 12.3. The number of carbonyl (C=O) groups excluding carboxylic acids is 1. The molecule has 1 aromatic rings. The van der Waals surface area contributed by atoms with E-state index in [1.165, 1.54) is 0 Å². The van der Waals surface area contributed by atoms with Gasteiger partial charge in [0.15, 0.2) is 0 Å². The number of phenolic OH excluding ortho intramolecular Hbond substituents is 1. The van der Waals surface area contributed by atoms with Crippen molar-refractivity contribution in [3.8, 4) is 5.75 Å². The molecular weight excluding hydrogens is 204 g/mol. The third-order valence-corrected chi connectivity index (χ3v) is 2.02. The maximum absolute atomic E-state index is 11.4. The van der Waals surface area contributed by atoms with Gasteiger partial charge in [-0.3, -0.25) is 4.79 Å². The molecule has 0 spiro atoms. The van der Waals surface area contributed by atoms with Crippen molar-refractivity contribution in [1.29, 1.82) is 0 Å². The minimum Gasteiger partial charge on any atom is -0.508 e. The summed E-state index contributed by atoms with van der Waals surface area (Å²) < 4.78 is 0. The predicted octanol–water partition coefficient (Wildman–Crippen LogP) is 0.566. The van der Waals surface area contributed by atoms with Crippen LogP contribution in [0.3, 0.4) is 0 Å². The molecule has 0 radical (unpaired) electrons. The number of carbonyl (C=O) groups is 1. The average Bonchev–Trinajstić information content (AvgIpc) is 2.28. The number of phenols is 1. The van der Waals surface area contributed by atoms with Crippen LogP contribution in [0.2, 0.25) is 0 Å². The summed E-state index contributed by atoms with van der Waals surface area (Å²) in [6, 6.07) is 6.59. The molecule has 4 N–H and O–H groups in total. The zero-order valence-corrected chi connectivity index (χ0v) is 9.02. The Morgan fingerprint density at radius 1 is 1.31 bits per heavy atom. The van der Waals surface area contributed by atoms with Gasteiger partial charge in [0, 0.05) is 13.1 Å². The minimum atomic E-state index is -0.0487. The molecule has 16 heavy (non-hydrogen) atoms. The van der Waals surface area contributed by atoms with Gasteiger partial charge in [-0.05, 0) is 17.7 Å². The zero-order valence-electron chi connectivity index (χ0n) is 9.02. The second-order valence-corrected chi connectivity index (χ2v) is 3.35. The number of benzene rings is 1. The van der Waals surface area contributed by atoms with Gasteiger partial charge in [-0.1, -0.05) is 24.3 Å². The van der Waals surface area contributed by atoms with Crippen LogP contribution in [-0.4, -0.2) is 24.1 Å². The normalized spacial score (nSPS) is 10.6. The molecule has 0 saturated heterocycles. The maximum Gasteiger partial charge on any atom is 0.224 e. The van der Waals surface area contributed by atoms with Gasteiger partial charge in [0.05, 0.1) is 6.42 Å². The number of amides is 1. The molecule has 1 rings (SSSR count). The summed E-state index contributed by atoms with van der Waals surface area (Å²) in [5, 5.41) is 11.8. The lowest BCUT2D eigenvalue weighted by Crippen LogP contribution is -2.25. The first-order chi connectivity index (χ1) is 7.72. The molecule has 0 aromatic heterocycles. The van der Waals surface area contributed by atoms with E-state index < -0.39 is 0 Å². The highest BCUT2D eigenvalue weighted by atomic mass is 16.3. The Labute approximate surface area is 94.8 Å². The van der Waals surface area contributed by atoms with Gasteiger partial charge in [-0.15, -0.1) is 0 Å². The van der Waals surface area contributed by atoms with Crippen LogP contribution in [0.1, 0.15) is 5.56 Å². The number of nitrogens with one attached hydrogen (secondary N) is 1. The molecule has 0 heterocycles. The molecule has 0 atom stereocenters. The van der Waals surface area contributed by atoms with E-state index in [0.717, 1.165) is 5.56 Å². The van der Waals surface area contributed by atoms with E-state index in [-0.39, 0.29) is 11.7 Å². The molecular formula is C12H16N2O2. The Hall–Kier alpha value is -1.81. The lowest BCUT2D eigenvalue weighted by molar-refractivity contribution is -0.120. The largest absolute Gasteiger partial charge is 0.508 e. The van der Waals surface area contributed by atoms with E-state index in [4.69, 9.17) is 10.8 Å². The Balaban J connectivity index is 2.34. The van der Waals surface area contributed by atoms with Gasteiger partial charge in [-0.25, -0.2) is 0 Å². The Morgan fingerprint density at radius 3 is 2.62 bits per heavy atom. The zero-order chi connectivity index (χ0) is 11.8. The molecule has 0 saturated carbocycles. The smallest absolute Gasteiger partial charge is 0.224 e. The molecule has 4 nitrogen and oxygen atoms in total. The minimum absolute atomic E-state index is 0.0487. The summed E-state index contributed by atoms with van der Waals surface area (Å²) >= 11 is 0. The molecule has 86 valence electrons. The van der Waals surface area contributed by atoms with Gasteiger partial charge in [0.1, 0.15) is 5.75 Å². The first-order valence-corrected chi connectivity index (χ1v) is 5.12. The number of hydrogen-bond donors (Lipinski definition) is 3. The van der Waals surface area contributed by atoms with Crippen LogP contribution in [0.5, 0.6) is 5.75 Å². The number of nitrogens with two attached hydrogens (primary N) is 1. The van der Waals surface area contributed by atoms with Crippen molar-refractivity contribution >= 4 is 5.91 Å². The van der Waals surface area contributed by atoms with Gasteiger partial charge in [-0.2, -0.15) is 0 Å². The average molecular weight is 220 g/mol. The Morgan fingerprint density at radius 2 is 2.00 bits per heavy atom. The van der Waals surface area contributed by atoms with Gasteiger partial charge in [0.25, 0.3) is 0 Å². The van der Waals surface area contributed by atoms with Crippen molar-refractivity contribution < 1.29 is 9.90 Å². The molecule has 0 aliphatic rings. The SMILES string of the molecule is NC/C=C/CNC(=O)Cc1ccc(O)cc1. The molecule has 4 heteroatoms. The number of aromatic hydroxyl groups is 1. The number of hydrogen-bond acceptors (Lipinski definition) is 3. The molecule has 1 amide bonds. The molecule has 0 aliphatic carbocycles. The van der Waals surface area contributed by atoms with Crippen molar-refractivity contribution in [2.45, 2.75) is 6.42 Å². The van der Waals surface area contributed by atoms with Gasteiger partial charge in [0.2, 0.25) is 5.91 Å². The van der Waals surface area contributed by atoms with Crippen LogP contribution >= 0.6 is 0 Å². The van der Waals surface area contributed by atoms with E-state index in [9.17, 15) is 4.79 Å². The molecule has 1 aromatic carbocycles. The fourth-order valence-electron chi connectivity index (χ4n) is 1.21. The van der Waals surface area contributed by atoms with Crippen LogP contribution in [0, 0.1) is 0 Å². The fourth-order valence-corrected chi connectivity index (χ4v) is 1.21. The lowest BCUT2D eigenvalue weighted by Gasteiger charge is -2.02. The third kappa shape index (κ3) is 4.61. The standard InChI is InChI=1S/C12H16N2O2/c13-7-1-2-8-14-12(16)9-10-3-5-11(15)6-4-10/h1-6,15H,7-9,13H2,(H,14,16)/b2-1+. The molecule has 0 unspecified atom stereocenters. The second-order valence-electron chi connectivity index (χ2n) is 3.35. The van der Waals surface area contributed by atoms with Crippen LogP contribution < -0.4 is 11.1 Å². The van der Waals surface area contributed by atoms with E-state index in [0.29, 0.717) is 19.5 Å². The van der Waals surface area contributed by atoms with Gasteiger partial charge < -0.3 is 16.2 Å². The molecule has 0 aliphatic heterocycles. The summed E-state index contributed by atoms with van der Waals surface area (Å²) in [6.45, 7) is 0.974. The molecule has 0 bridgehead atoms. The quantitative estimate of drug-likeness (QED) is 0.635. The molecule has 0 fully saturated rings. The summed E-state index contributed by atoms with van der Waals surface area (Å²) in [5.74, 6) is 0.155. The van der Waals surface area contributed by atoms with E-state index >= 15 is 0 Å². The first-order valence-electron chi connectivity index (χ1n) is 5.12. The van der Waals surface area contributed by atoms with Crippen molar-refractivity contribution in [1.82, 2.24) is 5.32 Å².